The first kappa shape index (κ1) is 20.8. The smallest absolute Gasteiger partial charge is 0.163 e. The van der Waals surface area contributed by atoms with Crippen molar-refractivity contribution in [2.45, 2.75) is 39.5 Å². The summed E-state index contributed by atoms with van der Waals surface area (Å²) in [6, 6.07) is 19.1. The number of Topliss-reactive ketones (excluding diaryl/α,β-unsaturated/α-hetero) is 1. The highest BCUT2D eigenvalue weighted by molar-refractivity contribution is 6.00. The molecule has 1 heterocycles. The number of benzene rings is 2. The van der Waals surface area contributed by atoms with Crippen molar-refractivity contribution in [2.24, 2.45) is 5.73 Å². The SMILES string of the molecule is CCCc1ccc(-c2ccc(-c3cc(C(=O)CC)c4c(n3)CC=CC(N)=C4)cc2)cc1. The molecule has 4 rings (SSSR count). The van der Waals surface area contributed by atoms with Gasteiger partial charge < -0.3 is 5.73 Å². The number of rotatable bonds is 6. The maximum absolute atomic E-state index is 12.7. The van der Waals surface area contributed by atoms with E-state index in [0.29, 0.717) is 24.1 Å². The van der Waals surface area contributed by atoms with Gasteiger partial charge in [0.25, 0.3) is 0 Å². The zero-order valence-electron chi connectivity index (χ0n) is 18.2. The predicted octanol–water partition coefficient (Wildman–Crippen LogP) is 6.37. The van der Waals surface area contributed by atoms with E-state index in [0.717, 1.165) is 35.4 Å². The molecule has 0 atom stereocenters. The van der Waals surface area contributed by atoms with Gasteiger partial charge in [0.2, 0.25) is 0 Å². The highest BCUT2D eigenvalue weighted by atomic mass is 16.1. The van der Waals surface area contributed by atoms with E-state index in [1.54, 1.807) is 0 Å². The first-order valence-electron chi connectivity index (χ1n) is 11.0. The van der Waals surface area contributed by atoms with Gasteiger partial charge in [0, 0.05) is 35.2 Å². The molecule has 0 aliphatic heterocycles. The van der Waals surface area contributed by atoms with Gasteiger partial charge in [0.15, 0.2) is 5.78 Å². The van der Waals surface area contributed by atoms with E-state index >= 15 is 0 Å². The van der Waals surface area contributed by atoms with E-state index in [4.69, 9.17) is 10.7 Å². The molecule has 0 unspecified atom stereocenters. The Morgan fingerprint density at radius 1 is 0.968 bits per heavy atom. The van der Waals surface area contributed by atoms with Crippen LogP contribution in [0.15, 0.2) is 72.4 Å². The molecule has 156 valence electrons. The van der Waals surface area contributed by atoms with Crippen LogP contribution in [0.25, 0.3) is 28.5 Å². The van der Waals surface area contributed by atoms with Crippen LogP contribution in [0.4, 0.5) is 0 Å². The molecule has 2 aromatic carbocycles. The zero-order valence-corrected chi connectivity index (χ0v) is 18.2. The number of aryl methyl sites for hydroxylation is 1. The molecule has 1 aliphatic rings. The van der Waals surface area contributed by atoms with Gasteiger partial charge in [-0.05, 0) is 41.3 Å². The summed E-state index contributed by atoms with van der Waals surface area (Å²) >= 11 is 0. The third-order valence-electron chi connectivity index (χ3n) is 5.70. The van der Waals surface area contributed by atoms with Crippen LogP contribution in [0, 0.1) is 0 Å². The lowest BCUT2D eigenvalue weighted by Crippen LogP contribution is -2.07. The standard InChI is InChI=1S/C28H28N2O/c1-3-6-19-9-11-20(12-10-19)21-13-15-22(16-14-21)27-18-25(28(31)4-2)24-17-23(29)7-5-8-26(24)30-27/h5,7,9-18H,3-4,6,8,29H2,1-2H3. The molecule has 0 amide bonds. The fraction of sp³-hybridized carbons (Fsp3) is 0.214. The fourth-order valence-corrected chi connectivity index (χ4v) is 4.00. The van der Waals surface area contributed by atoms with Crippen molar-refractivity contribution in [1.82, 2.24) is 4.98 Å². The van der Waals surface area contributed by atoms with Gasteiger partial charge in [-0.3, -0.25) is 9.78 Å². The van der Waals surface area contributed by atoms with E-state index in [9.17, 15) is 4.79 Å². The molecule has 0 saturated heterocycles. The number of hydrogen-bond acceptors (Lipinski definition) is 3. The number of carbonyl (C=O) groups is 1. The highest BCUT2D eigenvalue weighted by Gasteiger charge is 2.17. The second kappa shape index (κ2) is 9.13. The molecular formula is C28H28N2O. The van der Waals surface area contributed by atoms with Gasteiger partial charge in [-0.1, -0.05) is 74.9 Å². The first-order chi connectivity index (χ1) is 15.1. The molecule has 1 aromatic heterocycles. The van der Waals surface area contributed by atoms with Crippen molar-refractivity contribution in [3.05, 3.63) is 94.8 Å². The normalized spacial score (nSPS) is 12.8. The van der Waals surface area contributed by atoms with Crippen LogP contribution in [0.5, 0.6) is 0 Å². The molecule has 0 spiro atoms. The van der Waals surface area contributed by atoms with Crippen molar-refractivity contribution in [3.8, 4) is 22.4 Å². The van der Waals surface area contributed by atoms with Crippen molar-refractivity contribution in [3.63, 3.8) is 0 Å². The average Bonchev–Trinajstić information content (AvgIpc) is 2.99. The molecule has 1 aliphatic carbocycles. The van der Waals surface area contributed by atoms with E-state index < -0.39 is 0 Å². The summed E-state index contributed by atoms with van der Waals surface area (Å²) in [5.41, 5.74) is 14.7. The number of allylic oxidation sites excluding steroid dienone is 2. The van der Waals surface area contributed by atoms with Crippen LogP contribution >= 0.6 is 0 Å². The Balaban J connectivity index is 1.70. The molecule has 0 saturated carbocycles. The lowest BCUT2D eigenvalue weighted by Gasteiger charge is -2.13. The Morgan fingerprint density at radius 2 is 1.61 bits per heavy atom. The maximum atomic E-state index is 12.7. The van der Waals surface area contributed by atoms with Crippen LogP contribution in [-0.2, 0) is 12.8 Å². The van der Waals surface area contributed by atoms with Gasteiger partial charge in [-0.2, -0.15) is 0 Å². The van der Waals surface area contributed by atoms with Crippen LogP contribution in [0.2, 0.25) is 0 Å². The molecule has 3 nitrogen and oxygen atoms in total. The minimum atomic E-state index is 0.106. The molecule has 0 fully saturated rings. The van der Waals surface area contributed by atoms with Crippen molar-refractivity contribution in [2.75, 3.05) is 0 Å². The number of nitrogens with zero attached hydrogens (tertiary/aromatic N) is 1. The van der Waals surface area contributed by atoms with Crippen LogP contribution in [-0.4, -0.2) is 10.8 Å². The summed E-state index contributed by atoms with van der Waals surface area (Å²) in [6.07, 6.45) is 9.11. The van der Waals surface area contributed by atoms with E-state index in [1.165, 1.54) is 16.7 Å². The summed E-state index contributed by atoms with van der Waals surface area (Å²) in [5.74, 6) is 0.106. The Labute approximate surface area is 184 Å². The first-order valence-corrected chi connectivity index (χ1v) is 11.0. The Bertz CT molecular complexity index is 1150. The average molecular weight is 409 g/mol. The molecule has 2 N–H and O–H groups in total. The summed E-state index contributed by atoms with van der Waals surface area (Å²) in [6.45, 7) is 4.08. The summed E-state index contributed by atoms with van der Waals surface area (Å²) < 4.78 is 0. The van der Waals surface area contributed by atoms with Gasteiger partial charge in [0.05, 0.1) is 11.4 Å². The van der Waals surface area contributed by atoms with Gasteiger partial charge in [0.1, 0.15) is 0 Å². The summed E-state index contributed by atoms with van der Waals surface area (Å²) in [5, 5.41) is 0. The molecule has 0 radical (unpaired) electrons. The lowest BCUT2D eigenvalue weighted by molar-refractivity contribution is 0.0988. The number of ketones is 1. The predicted molar refractivity (Wildman–Crippen MR) is 129 cm³/mol. The van der Waals surface area contributed by atoms with Crippen LogP contribution < -0.4 is 5.73 Å². The fourth-order valence-electron chi connectivity index (χ4n) is 4.00. The number of fused-ring (bicyclic) bond motifs is 1. The number of pyridine rings is 1. The summed E-state index contributed by atoms with van der Waals surface area (Å²) in [7, 11) is 0. The topological polar surface area (TPSA) is 56.0 Å². The monoisotopic (exact) mass is 408 g/mol. The van der Waals surface area contributed by atoms with Crippen LogP contribution in [0.1, 0.15) is 53.9 Å². The molecule has 3 aromatic rings. The molecular weight excluding hydrogens is 380 g/mol. The van der Waals surface area contributed by atoms with Crippen molar-refractivity contribution >= 4 is 11.9 Å². The molecule has 31 heavy (non-hydrogen) atoms. The Kier molecular flexibility index (Phi) is 6.13. The third-order valence-corrected chi connectivity index (χ3v) is 5.70. The zero-order chi connectivity index (χ0) is 21.8. The van der Waals surface area contributed by atoms with E-state index in [-0.39, 0.29) is 5.78 Å². The molecule has 3 heteroatoms. The van der Waals surface area contributed by atoms with Crippen molar-refractivity contribution < 1.29 is 4.79 Å². The maximum Gasteiger partial charge on any atom is 0.163 e. The number of carbonyl (C=O) groups excluding carboxylic acids is 1. The van der Waals surface area contributed by atoms with E-state index in [1.807, 2.05) is 31.2 Å². The minimum Gasteiger partial charge on any atom is -0.399 e. The van der Waals surface area contributed by atoms with Gasteiger partial charge in [-0.25, -0.2) is 0 Å². The molecule has 0 bridgehead atoms. The van der Waals surface area contributed by atoms with Crippen molar-refractivity contribution in [1.29, 1.82) is 0 Å². The number of aromatic nitrogens is 1. The largest absolute Gasteiger partial charge is 0.399 e. The van der Waals surface area contributed by atoms with Gasteiger partial charge in [-0.15, -0.1) is 0 Å². The van der Waals surface area contributed by atoms with Crippen LogP contribution in [0.3, 0.4) is 0 Å². The van der Waals surface area contributed by atoms with E-state index in [2.05, 4.69) is 55.5 Å². The van der Waals surface area contributed by atoms with Gasteiger partial charge >= 0.3 is 0 Å². The quantitative estimate of drug-likeness (QED) is 0.482. The number of hydrogen-bond donors (Lipinski definition) is 1. The summed E-state index contributed by atoms with van der Waals surface area (Å²) in [4.78, 5) is 17.6. The second-order valence-corrected chi connectivity index (χ2v) is 7.97. The lowest BCUT2D eigenvalue weighted by atomic mass is 9.96. The number of nitrogens with two attached hydrogens (primary N) is 1. The highest BCUT2D eigenvalue weighted by Crippen LogP contribution is 2.29. The Hall–Kier alpha value is -3.46. The Morgan fingerprint density at radius 3 is 2.26 bits per heavy atom. The third kappa shape index (κ3) is 4.51. The second-order valence-electron chi connectivity index (χ2n) is 7.97. The minimum absolute atomic E-state index is 0.106.